The molecule has 5 rings (SSSR count). The summed E-state index contributed by atoms with van der Waals surface area (Å²) in [5, 5.41) is 15.8. The van der Waals surface area contributed by atoms with Crippen LogP contribution in [-0.4, -0.2) is 42.2 Å². The lowest BCUT2D eigenvalue weighted by molar-refractivity contribution is -0.137. The summed E-state index contributed by atoms with van der Waals surface area (Å²) < 4.78 is 66.2. The summed E-state index contributed by atoms with van der Waals surface area (Å²) in [6.45, 7) is 1.90. The van der Waals surface area contributed by atoms with Crippen LogP contribution in [0.2, 0.25) is 0 Å². The Morgan fingerprint density at radius 1 is 1.13 bits per heavy atom. The maximum atomic E-state index is 13.7. The minimum Gasteiger partial charge on any atom is -0.392 e. The summed E-state index contributed by atoms with van der Waals surface area (Å²) in [7, 11) is -2.36. The molecule has 3 heterocycles. The monoisotopic (exact) mass is 579 g/mol. The summed E-state index contributed by atoms with van der Waals surface area (Å²) in [5.41, 5.74) is 1.57. The van der Waals surface area contributed by atoms with Gasteiger partial charge in [0.1, 0.15) is 0 Å². The maximum absolute atomic E-state index is 13.7. The molecule has 2 aromatic carbocycles. The number of carbonyl (C=O) groups is 1. The number of aliphatic hydroxyl groups is 1. The fourth-order valence-electron chi connectivity index (χ4n) is 4.83. The van der Waals surface area contributed by atoms with Gasteiger partial charge in [0.2, 0.25) is 10.0 Å². The van der Waals surface area contributed by atoms with Crippen LogP contribution in [0.1, 0.15) is 23.2 Å². The van der Waals surface area contributed by atoms with Crippen LogP contribution in [0.4, 0.5) is 28.8 Å². The van der Waals surface area contributed by atoms with Crippen LogP contribution in [0.15, 0.2) is 46.8 Å². The molecule has 1 fully saturated rings. The average molecular weight is 580 g/mol. The van der Waals surface area contributed by atoms with Gasteiger partial charge in [-0.05, 0) is 48.7 Å². The number of halogens is 3. The van der Waals surface area contributed by atoms with E-state index < -0.39 is 27.8 Å². The predicted octanol–water partition coefficient (Wildman–Crippen LogP) is 4.61. The molecule has 1 aliphatic rings. The van der Waals surface area contributed by atoms with Gasteiger partial charge in [-0.1, -0.05) is 23.5 Å². The van der Waals surface area contributed by atoms with Gasteiger partial charge in [-0.2, -0.15) is 13.2 Å². The van der Waals surface area contributed by atoms with Gasteiger partial charge < -0.3 is 9.67 Å². The first-order valence-corrected chi connectivity index (χ1v) is 14.2. The van der Waals surface area contributed by atoms with E-state index in [0.29, 0.717) is 52.8 Å². The average Bonchev–Trinajstić information content (AvgIpc) is 3.43. The van der Waals surface area contributed by atoms with Crippen molar-refractivity contribution in [2.75, 3.05) is 22.9 Å². The summed E-state index contributed by atoms with van der Waals surface area (Å²) in [5.74, 6) is 0. The molecule has 0 saturated carbocycles. The number of fused-ring (bicyclic) bond motifs is 1. The Morgan fingerprint density at radius 2 is 1.79 bits per heavy atom. The second-order valence-electron chi connectivity index (χ2n) is 9.24. The SMILES string of the molecule is Cc1nc(N2CCCN(c3ccc(-c4cc(C(F)(F)F)cc5c4c(CO)cn5C)cc3)C2=O)sc1S(N)(=O)=O. The third-order valence-electron chi connectivity index (χ3n) is 6.61. The molecule has 2 amide bonds. The van der Waals surface area contributed by atoms with E-state index in [9.17, 15) is 31.5 Å². The highest BCUT2D eigenvalue weighted by Gasteiger charge is 2.33. The molecule has 1 aliphatic heterocycles. The number of urea groups is 1. The van der Waals surface area contributed by atoms with Gasteiger partial charge in [0.05, 0.1) is 17.9 Å². The number of anilines is 2. The Morgan fingerprint density at radius 3 is 2.38 bits per heavy atom. The Labute approximate surface area is 225 Å². The van der Waals surface area contributed by atoms with Crippen LogP contribution in [0.25, 0.3) is 22.0 Å². The van der Waals surface area contributed by atoms with Crippen molar-refractivity contribution >= 4 is 49.1 Å². The van der Waals surface area contributed by atoms with Gasteiger partial charge in [-0.3, -0.25) is 9.80 Å². The van der Waals surface area contributed by atoms with Gasteiger partial charge in [-0.15, -0.1) is 0 Å². The quantitative estimate of drug-likeness (QED) is 0.358. The first-order chi connectivity index (χ1) is 18.3. The van der Waals surface area contributed by atoms with Crippen LogP contribution < -0.4 is 14.9 Å². The Kier molecular flexibility index (Phi) is 6.69. The third kappa shape index (κ3) is 4.88. The van der Waals surface area contributed by atoms with Gasteiger partial charge in [0.25, 0.3) is 0 Å². The van der Waals surface area contributed by atoms with Crippen molar-refractivity contribution in [2.45, 2.75) is 30.3 Å². The van der Waals surface area contributed by atoms with Crippen molar-refractivity contribution in [2.24, 2.45) is 12.2 Å². The summed E-state index contributed by atoms with van der Waals surface area (Å²) in [6.07, 6.45) is -2.38. The molecular weight excluding hydrogens is 555 g/mol. The fraction of sp³-hybridized carbons (Fsp3) is 0.280. The van der Waals surface area contributed by atoms with Crippen molar-refractivity contribution in [1.29, 1.82) is 0 Å². The number of thiazole rings is 1. The molecule has 2 aromatic heterocycles. The zero-order chi connectivity index (χ0) is 28.3. The molecule has 14 heteroatoms. The predicted molar refractivity (Wildman–Crippen MR) is 142 cm³/mol. The molecule has 0 spiro atoms. The molecular formula is C25H24F3N5O4S2. The number of aromatic nitrogens is 2. The molecule has 9 nitrogen and oxygen atoms in total. The van der Waals surface area contributed by atoms with E-state index in [1.807, 2.05) is 0 Å². The maximum Gasteiger partial charge on any atom is 0.416 e. The van der Waals surface area contributed by atoms with Crippen LogP contribution in [0.5, 0.6) is 0 Å². The second-order valence-corrected chi connectivity index (χ2v) is 12.0. The number of primary sulfonamides is 1. The first kappa shape index (κ1) is 27.1. The number of nitrogens with zero attached hydrogens (tertiary/aromatic N) is 4. The minimum absolute atomic E-state index is 0.109. The molecule has 39 heavy (non-hydrogen) atoms. The molecule has 0 bridgehead atoms. The van der Waals surface area contributed by atoms with Gasteiger partial charge in [-0.25, -0.2) is 23.3 Å². The number of carbonyl (C=O) groups excluding carboxylic acids is 1. The Bertz CT molecular complexity index is 1700. The number of sulfonamides is 1. The highest BCUT2D eigenvalue weighted by Crippen LogP contribution is 2.40. The summed E-state index contributed by atoms with van der Waals surface area (Å²) in [6, 6.07) is 8.29. The topological polar surface area (TPSA) is 122 Å². The molecule has 1 saturated heterocycles. The van der Waals surface area contributed by atoms with E-state index >= 15 is 0 Å². The fourth-order valence-corrected chi connectivity index (χ4v) is 6.80. The lowest BCUT2D eigenvalue weighted by Crippen LogP contribution is -2.49. The molecule has 0 unspecified atom stereocenters. The van der Waals surface area contributed by atoms with E-state index in [1.165, 1.54) is 16.7 Å². The van der Waals surface area contributed by atoms with Crippen LogP contribution in [0, 0.1) is 6.92 Å². The largest absolute Gasteiger partial charge is 0.416 e. The van der Waals surface area contributed by atoms with Crippen LogP contribution >= 0.6 is 11.3 Å². The molecule has 0 radical (unpaired) electrons. The normalized spacial score (nSPS) is 15.0. The molecule has 4 aromatic rings. The van der Waals surface area contributed by atoms with Crippen LogP contribution in [-0.2, 0) is 29.9 Å². The van der Waals surface area contributed by atoms with Crippen molar-refractivity contribution in [3.8, 4) is 11.1 Å². The highest BCUT2D eigenvalue weighted by atomic mass is 32.2. The highest BCUT2D eigenvalue weighted by molar-refractivity contribution is 7.91. The van der Waals surface area contributed by atoms with E-state index in [0.717, 1.165) is 23.5 Å². The molecule has 3 N–H and O–H groups in total. The van der Waals surface area contributed by atoms with Gasteiger partial charge in [0, 0.05) is 48.5 Å². The minimum atomic E-state index is -4.56. The number of amides is 2. The second kappa shape index (κ2) is 9.62. The number of rotatable bonds is 5. The molecule has 0 atom stereocenters. The molecule has 206 valence electrons. The van der Waals surface area contributed by atoms with Crippen molar-refractivity contribution < 1.29 is 31.5 Å². The van der Waals surface area contributed by atoms with E-state index in [2.05, 4.69) is 4.98 Å². The Balaban J connectivity index is 1.51. The van der Waals surface area contributed by atoms with E-state index in [-0.39, 0.29) is 21.6 Å². The third-order valence-corrected chi connectivity index (χ3v) is 9.35. The summed E-state index contributed by atoms with van der Waals surface area (Å²) >= 11 is 0.824. The Hall–Kier alpha value is -3.46. The van der Waals surface area contributed by atoms with E-state index in [4.69, 9.17) is 5.14 Å². The zero-order valence-electron chi connectivity index (χ0n) is 20.9. The number of hydrogen-bond acceptors (Lipinski definition) is 6. The molecule has 0 aliphatic carbocycles. The summed E-state index contributed by atoms with van der Waals surface area (Å²) in [4.78, 5) is 20.5. The standard InChI is InChI=1S/C25H24F3N5O4S2/c1-14-22(39(29,36)37)38-23(30-14)33-9-3-8-32(24(33)35)18-6-4-15(5-7-18)19-10-17(25(26,27)28)11-20-21(19)16(13-34)12-31(20)2/h4-7,10-12,34H,3,8-9,13H2,1-2H3,(H2,29,36,37). The number of aliphatic hydroxyl groups excluding tert-OH is 1. The number of alkyl halides is 3. The van der Waals surface area contributed by atoms with Crippen LogP contribution in [0.3, 0.4) is 0 Å². The van der Waals surface area contributed by atoms with Gasteiger partial charge >= 0.3 is 12.2 Å². The lowest BCUT2D eigenvalue weighted by atomic mass is 9.96. The number of aryl methyl sites for hydroxylation is 2. The van der Waals surface area contributed by atoms with Gasteiger partial charge in [0.15, 0.2) is 9.34 Å². The first-order valence-electron chi connectivity index (χ1n) is 11.8. The lowest BCUT2D eigenvalue weighted by Gasteiger charge is -2.34. The van der Waals surface area contributed by atoms with Crippen molar-refractivity contribution in [3.05, 3.63) is 59.4 Å². The number of nitrogens with two attached hydrogens (primary N) is 1. The zero-order valence-corrected chi connectivity index (χ0v) is 22.5. The van der Waals surface area contributed by atoms with E-state index in [1.54, 1.807) is 42.1 Å². The number of hydrogen-bond donors (Lipinski definition) is 2. The smallest absolute Gasteiger partial charge is 0.392 e. The number of benzene rings is 2. The van der Waals surface area contributed by atoms with Crippen molar-refractivity contribution in [1.82, 2.24) is 9.55 Å². The van der Waals surface area contributed by atoms with Crippen molar-refractivity contribution in [3.63, 3.8) is 0 Å².